The third kappa shape index (κ3) is 4.59. The van der Waals surface area contributed by atoms with Gasteiger partial charge >= 0.3 is 19.2 Å². The molecule has 1 aliphatic rings. The molecule has 0 spiro atoms. The number of carboxylic acids is 1. The van der Waals surface area contributed by atoms with Crippen LogP contribution in [0.15, 0.2) is 42.5 Å². The van der Waals surface area contributed by atoms with Crippen LogP contribution in [-0.2, 0) is 25.9 Å². The third-order valence-electron chi connectivity index (χ3n) is 5.45. The van der Waals surface area contributed by atoms with Crippen molar-refractivity contribution in [1.82, 2.24) is 4.98 Å². The lowest BCUT2D eigenvalue weighted by atomic mass is 9.78. The van der Waals surface area contributed by atoms with Gasteiger partial charge in [0, 0.05) is 24.0 Å². The Morgan fingerprint density at radius 1 is 1.28 bits per heavy atom. The Kier molecular flexibility index (Phi) is 7.09. The van der Waals surface area contributed by atoms with Gasteiger partial charge in [-0.15, -0.1) is 4.52 Å². The van der Waals surface area contributed by atoms with Crippen LogP contribution in [-0.4, -0.2) is 33.4 Å². The molecule has 0 bridgehead atoms. The van der Waals surface area contributed by atoms with Gasteiger partial charge in [-0.25, -0.2) is 9.18 Å². The summed E-state index contributed by atoms with van der Waals surface area (Å²) in [5, 5.41) is 19.9. The molecule has 0 aliphatic heterocycles. The summed E-state index contributed by atoms with van der Waals surface area (Å²) in [6.07, 6.45) is 1.60. The normalized spacial score (nSPS) is 17.6. The number of benzene rings is 1. The zero-order valence-corrected chi connectivity index (χ0v) is 19.1. The number of hydrogen-bond acceptors (Lipinski definition) is 5. The minimum absolute atomic E-state index is 0.0343. The maximum absolute atomic E-state index is 13.5. The topological polar surface area (TPSA) is 96.7 Å². The number of aliphatic carboxylic acids is 1. The fraction of sp³-hybridized carbons (Fsp3) is 0.417. The number of nitrogens with zero attached hydrogens (tertiary/aromatic N) is 1. The van der Waals surface area contributed by atoms with E-state index < -0.39 is 30.6 Å². The van der Waals surface area contributed by atoms with E-state index in [-0.39, 0.29) is 24.0 Å². The van der Waals surface area contributed by atoms with Crippen molar-refractivity contribution in [1.29, 1.82) is 0 Å². The van der Waals surface area contributed by atoms with Crippen molar-refractivity contribution in [2.45, 2.75) is 49.8 Å². The summed E-state index contributed by atoms with van der Waals surface area (Å²) >= 11 is 0. The first-order valence-corrected chi connectivity index (χ1v) is 11.5. The van der Waals surface area contributed by atoms with E-state index in [0.717, 1.165) is 25.6 Å². The van der Waals surface area contributed by atoms with Gasteiger partial charge in [-0.3, -0.25) is 4.98 Å². The van der Waals surface area contributed by atoms with Crippen LogP contribution < -0.4 is 0 Å². The fourth-order valence-electron chi connectivity index (χ4n) is 3.58. The first kappa shape index (κ1) is 24.0. The Morgan fingerprint density at radius 3 is 2.47 bits per heavy atom. The van der Waals surface area contributed by atoms with E-state index in [0.29, 0.717) is 5.56 Å². The third-order valence-corrected chi connectivity index (χ3v) is 7.01. The number of halogens is 1. The molecule has 1 aromatic heterocycles. The lowest BCUT2D eigenvalue weighted by Gasteiger charge is -2.33. The van der Waals surface area contributed by atoms with E-state index >= 15 is 0 Å². The number of carboxylic acid groups (broad SMARTS) is 1. The summed E-state index contributed by atoms with van der Waals surface area (Å²) in [5.41, 5.74) is -1.13. The van der Waals surface area contributed by atoms with Gasteiger partial charge in [0.2, 0.25) is 0 Å². The Bertz CT molecular complexity index is 1070. The average molecular weight is 458 g/mol. The van der Waals surface area contributed by atoms with E-state index in [1.165, 1.54) is 30.3 Å². The van der Waals surface area contributed by atoms with Gasteiger partial charge < -0.3 is 10.2 Å². The molecule has 3 unspecified atom stereocenters. The Morgan fingerprint density at radius 2 is 1.94 bits per heavy atom. The number of carbonyl (C=O) groups is 1. The van der Waals surface area contributed by atoms with Gasteiger partial charge in [0.1, 0.15) is 5.82 Å². The summed E-state index contributed by atoms with van der Waals surface area (Å²) < 4.78 is 31.7. The van der Waals surface area contributed by atoms with Crippen molar-refractivity contribution < 1.29 is 28.5 Å². The molecule has 2 aromatic rings. The predicted octanol–water partition coefficient (Wildman–Crippen LogP) is 4.40. The highest BCUT2D eigenvalue weighted by molar-refractivity contribution is 7.43. The zero-order valence-electron chi connectivity index (χ0n) is 18.2. The van der Waals surface area contributed by atoms with Crippen molar-refractivity contribution in [2.75, 3.05) is 7.11 Å². The minimum Gasteiger partial charge on any atom is -0.477 e. The smallest absolute Gasteiger partial charge is 0.477 e. The average Bonchev–Trinajstić information content (AvgIpc) is 3.60. The molecule has 8 heteroatoms. The molecular weight excluding hydrogens is 432 g/mol. The number of rotatable bonds is 8. The second-order valence-electron chi connectivity index (χ2n) is 8.26. The number of hydrogen-bond donors (Lipinski definition) is 2. The van der Waals surface area contributed by atoms with Gasteiger partial charge in [0.25, 0.3) is 0 Å². The van der Waals surface area contributed by atoms with E-state index in [1.807, 2.05) is 6.07 Å². The minimum atomic E-state index is -3.01. The van der Waals surface area contributed by atoms with E-state index in [4.69, 9.17) is 4.52 Å². The van der Waals surface area contributed by atoms with Crippen LogP contribution in [0.25, 0.3) is 0 Å². The Hall–Kier alpha value is -2.65. The Labute approximate surface area is 187 Å². The molecule has 1 saturated carbocycles. The van der Waals surface area contributed by atoms with Crippen LogP contribution in [0.4, 0.5) is 4.39 Å². The molecule has 1 heterocycles. The van der Waals surface area contributed by atoms with Crippen molar-refractivity contribution >= 4 is 14.0 Å². The number of aromatic nitrogens is 1. The van der Waals surface area contributed by atoms with Crippen LogP contribution in [0.5, 0.6) is 0 Å². The van der Waals surface area contributed by atoms with Gasteiger partial charge in [-0.2, -0.15) is 0 Å². The maximum Gasteiger partial charge on any atom is 0.543 e. The highest BCUT2D eigenvalue weighted by atomic mass is 31.1. The van der Waals surface area contributed by atoms with Crippen LogP contribution in [0, 0.1) is 23.6 Å². The van der Waals surface area contributed by atoms with E-state index in [9.17, 15) is 24.0 Å². The van der Waals surface area contributed by atoms with Crippen LogP contribution in [0.1, 0.15) is 49.6 Å². The molecule has 1 fully saturated rings. The van der Waals surface area contributed by atoms with Crippen molar-refractivity contribution in [3.8, 4) is 11.8 Å². The van der Waals surface area contributed by atoms with Crippen LogP contribution in [0.2, 0.25) is 0 Å². The first-order valence-electron chi connectivity index (χ1n) is 10.4. The summed E-state index contributed by atoms with van der Waals surface area (Å²) in [4.78, 5) is 17.3. The molecular formula is C24H26FNO5P+. The largest absolute Gasteiger partial charge is 0.543 e. The molecule has 0 saturated heterocycles. The molecule has 2 N–H and O–H groups in total. The molecule has 6 nitrogen and oxygen atoms in total. The van der Waals surface area contributed by atoms with Crippen molar-refractivity contribution in [3.05, 3.63) is 65.2 Å². The fourth-order valence-corrected chi connectivity index (χ4v) is 4.67. The van der Waals surface area contributed by atoms with E-state index in [2.05, 4.69) is 16.8 Å². The van der Waals surface area contributed by atoms with Gasteiger partial charge in [0.05, 0.1) is 12.8 Å². The molecule has 3 rings (SSSR count). The summed E-state index contributed by atoms with van der Waals surface area (Å²) in [6, 6.07) is 10.3. The molecule has 0 radical (unpaired) electrons. The summed E-state index contributed by atoms with van der Waals surface area (Å²) in [5.74, 6) is 3.28. The van der Waals surface area contributed by atoms with Gasteiger partial charge in [-0.1, -0.05) is 38.0 Å². The first-order chi connectivity index (χ1) is 15.1. The molecule has 1 aromatic carbocycles. The zero-order chi connectivity index (χ0) is 23.5. The highest BCUT2D eigenvalue weighted by Gasteiger charge is 2.72. The second-order valence-corrected chi connectivity index (χ2v) is 9.81. The quantitative estimate of drug-likeness (QED) is 0.450. The molecule has 168 valence electrons. The molecule has 3 atom stereocenters. The molecule has 1 aliphatic carbocycles. The van der Waals surface area contributed by atoms with E-state index in [1.54, 1.807) is 19.9 Å². The second kappa shape index (κ2) is 9.46. The van der Waals surface area contributed by atoms with Crippen LogP contribution >= 0.6 is 8.03 Å². The summed E-state index contributed by atoms with van der Waals surface area (Å²) in [7, 11) is -1.90. The summed E-state index contributed by atoms with van der Waals surface area (Å²) in [6.45, 7) is 3.51. The predicted molar refractivity (Wildman–Crippen MR) is 118 cm³/mol. The van der Waals surface area contributed by atoms with Crippen LogP contribution in [0.3, 0.4) is 0 Å². The monoisotopic (exact) mass is 458 g/mol. The maximum atomic E-state index is 13.5. The highest BCUT2D eigenvalue weighted by Crippen LogP contribution is 2.53. The van der Waals surface area contributed by atoms with Crippen molar-refractivity contribution in [3.63, 3.8) is 0 Å². The lowest BCUT2D eigenvalue weighted by Crippen LogP contribution is -2.56. The number of aliphatic hydroxyl groups is 1. The van der Waals surface area contributed by atoms with Gasteiger partial charge in [0.15, 0.2) is 5.60 Å². The SMILES string of the molecule is CO[P+](=O)C(C#CC(C)C)(C(=O)O)C(O)(Cc1ccc(F)cc1)c1cccc(C2CC2)n1. The molecule has 32 heavy (non-hydrogen) atoms. The van der Waals surface area contributed by atoms with Crippen molar-refractivity contribution in [2.24, 2.45) is 5.92 Å². The Balaban J connectivity index is 2.30. The number of pyridine rings is 1. The van der Waals surface area contributed by atoms with Gasteiger partial charge in [-0.05, 0) is 53.2 Å². The molecule has 0 amide bonds. The standard InChI is InChI=1S/C24H25FNO5P/c1-16(2)13-14-24(22(27)28,32(30)31-3)23(29,15-17-7-11-19(25)12-8-17)21-6-4-5-20(26-21)18-9-10-18/h4-8,11-12,16,18,29H,9-10,15H2,1-3H3/p+1. The lowest BCUT2D eigenvalue weighted by molar-refractivity contribution is -0.146.